The van der Waals surface area contributed by atoms with Crippen molar-refractivity contribution in [1.82, 2.24) is 15.1 Å². The van der Waals surface area contributed by atoms with Crippen molar-refractivity contribution in [3.63, 3.8) is 0 Å². The number of hydrogen-bond acceptors (Lipinski definition) is 10. The molecule has 1 atom stereocenters. The monoisotopic (exact) mass is 925 g/mol. The van der Waals surface area contributed by atoms with Crippen molar-refractivity contribution < 1.29 is 37.1 Å². The van der Waals surface area contributed by atoms with Crippen LogP contribution < -0.4 is 14.8 Å². The van der Waals surface area contributed by atoms with Crippen LogP contribution in [-0.2, 0) is 10.1 Å². The fraction of sp³-hybridized carbons (Fsp3) is 0.273. The second-order valence-electron chi connectivity index (χ2n) is 17.5. The lowest BCUT2D eigenvalue weighted by Crippen LogP contribution is -2.47. The molecule has 1 aliphatic rings. The zero-order valence-corrected chi connectivity index (χ0v) is 40.0. The van der Waals surface area contributed by atoms with Gasteiger partial charge in [-0.2, -0.15) is 8.42 Å². The molecule has 7 rings (SSSR count). The van der Waals surface area contributed by atoms with E-state index in [9.17, 15) is 23.1 Å². The summed E-state index contributed by atoms with van der Waals surface area (Å²) < 4.78 is 37.0. The Morgan fingerprint density at radius 1 is 0.657 bits per heavy atom. The predicted molar refractivity (Wildman–Crippen MR) is 267 cm³/mol. The Balaban J connectivity index is 0.000000231. The SMILES string of the molecule is C(=C\c1ccccc1)/CN1CCN(C(c2ccccc2)c2ccccc2)CC1.CS(=O)(=O)O.Cc1ccc(C(=O)Oc2ccc(C(O)CNC(C)(C)C)cc2OC(=O)c2ccc(C)cc2)cc1. The highest BCUT2D eigenvalue weighted by Crippen LogP contribution is 2.33. The van der Waals surface area contributed by atoms with Gasteiger partial charge in [-0.15, -0.1) is 0 Å². The summed E-state index contributed by atoms with van der Waals surface area (Å²) in [6.07, 6.45) is 4.38. The molecule has 1 fully saturated rings. The minimum Gasteiger partial charge on any atom is -0.419 e. The number of aliphatic hydroxyl groups is 1. The van der Waals surface area contributed by atoms with Gasteiger partial charge in [-0.25, -0.2) is 9.59 Å². The van der Waals surface area contributed by atoms with Gasteiger partial charge in [-0.3, -0.25) is 14.4 Å². The topological polar surface area (TPSA) is 146 Å². The lowest BCUT2D eigenvalue weighted by molar-refractivity contribution is 0.0681. The van der Waals surface area contributed by atoms with E-state index < -0.39 is 28.2 Å². The van der Waals surface area contributed by atoms with Crippen LogP contribution in [0.15, 0.2) is 164 Å². The van der Waals surface area contributed by atoms with Crippen LogP contribution in [0.3, 0.4) is 0 Å². The van der Waals surface area contributed by atoms with Gasteiger partial charge in [0.05, 0.1) is 29.5 Å². The maximum atomic E-state index is 12.8. The average molecular weight is 926 g/mol. The van der Waals surface area contributed by atoms with E-state index in [-0.39, 0.29) is 17.0 Å². The first-order valence-electron chi connectivity index (χ1n) is 22.3. The van der Waals surface area contributed by atoms with Gasteiger partial charge in [0.25, 0.3) is 10.1 Å². The first-order chi connectivity index (χ1) is 31.9. The van der Waals surface area contributed by atoms with Crippen molar-refractivity contribution >= 4 is 28.1 Å². The number of hydrogen-bond donors (Lipinski definition) is 3. The Morgan fingerprint density at radius 2 is 1.10 bits per heavy atom. The molecular weight excluding hydrogens is 863 g/mol. The highest BCUT2D eigenvalue weighted by Gasteiger charge is 2.26. The molecule has 3 N–H and O–H groups in total. The van der Waals surface area contributed by atoms with Gasteiger partial charge in [-0.1, -0.05) is 145 Å². The van der Waals surface area contributed by atoms with E-state index in [0.29, 0.717) is 35.5 Å². The molecule has 1 unspecified atom stereocenters. The van der Waals surface area contributed by atoms with Crippen LogP contribution in [-0.4, -0.2) is 90.9 Å². The van der Waals surface area contributed by atoms with Crippen LogP contribution in [0.1, 0.15) is 87.0 Å². The number of β-amino-alcohol motifs (C(OH)–C–C–N with tert-alkyl or cyclic N) is 1. The van der Waals surface area contributed by atoms with Gasteiger partial charge in [0.1, 0.15) is 0 Å². The molecule has 0 amide bonds. The summed E-state index contributed by atoms with van der Waals surface area (Å²) in [5.74, 6) is -1.02. The lowest BCUT2D eigenvalue weighted by Gasteiger charge is -2.39. The van der Waals surface area contributed by atoms with Crippen LogP contribution >= 0.6 is 0 Å². The number of carbonyl (C=O) groups is 2. The molecule has 6 aromatic rings. The molecule has 0 radical (unpaired) electrons. The quantitative estimate of drug-likeness (QED) is 0.0578. The van der Waals surface area contributed by atoms with E-state index in [2.05, 4.69) is 118 Å². The molecule has 67 heavy (non-hydrogen) atoms. The molecule has 12 heteroatoms. The molecule has 0 bridgehead atoms. The van der Waals surface area contributed by atoms with Gasteiger partial charge in [0, 0.05) is 44.8 Å². The maximum absolute atomic E-state index is 12.8. The Morgan fingerprint density at radius 3 is 1.57 bits per heavy atom. The molecule has 0 aromatic heterocycles. The van der Waals surface area contributed by atoms with Crippen LogP contribution in [0.2, 0.25) is 0 Å². The van der Waals surface area contributed by atoms with Gasteiger partial charge in [0.2, 0.25) is 0 Å². The largest absolute Gasteiger partial charge is 0.419 e. The van der Waals surface area contributed by atoms with E-state index in [1.165, 1.54) is 28.8 Å². The number of ether oxygens (including phenoxy) is 2. The maximum Gasteiger partial charge on any atom is 0.343 e. The minimum absolute atomic E-state index is 0.0540. The van der Waals surface area contributed by atoms with Gasteiger partial charge < -0.3 is 19.9 Å². The number of aryl methyl sites for hydroxylation is 2. The first-order valence-corrected chi connectivity index (χ1v) is 24.1. The van der Waals surface area contributed by atoms with Crippen LogP contribution in [0, 0.1) is 13.8 Å². The van der Waals surface area contributed by atoms with Crippen molar-refractivity contribution in [3.8, 4) is 11.5 Å². The summed E-state index contributed by atoms with van der Waals surface area (Å²) in [6, 6.07) is 51.3. The molecule has 0 aliphatic carbocycles. The van der Waals surface area contributed by atoms with Crippen LogP contribution in [0.25, 0.3) is 6.08 Å². The number of nitrogens with one attached hydrogen (secondary N) is 1. The number of benzene rings is 6. The normalized spacial score (nSPS) is 13.7. The zero-order valence-electron chi connectivity index (χ0n) is 39.2. The molecule has 1 heterocycles. The molecule has 0 spiro atoms. The van der Waals surface area contributed by atoms with Crippen molar-refractivity contribution in [3.05, 3.63) is 208 Å². The molecular formula is C55H63N3O8S. The highest BCUT2D eigenvalue weighted by molar-refractivity contribution is 7.85. The van der Waals surface area contributed by atoms with Crippen LogP contribution in [0.4, 0.5) is 0 Å². The standard InChI is InChI=1S/C28H31NO5.C26H28N2.CH4O3S/c1-18-6-10-20(11-7-18)26(31)33-24-15-14-22(23(30)17-29-28(3,4)5)16-25(24)34-27(32)21-12-8-19(2)9-13-21;1-4-11-23(12-5-1)13-10-18-27-19-21-28(22-20-27)26(24-14-6-2-7-15-24)25-16-8-3-9-17-25;1-5(2,3)4/h6-16,23,29-30H,17H2,1-5H3;1-17,26H,18-22H2;1H3,(H,2,3,4)/b;13-10+;. The van der Waals surface area contributed by atoms with Crippen molar-refractivity contribution in [2.24, 2.45) is 0 Å². The van der Waals surface area contributed by atoms with Crippen LogP contribution in [0.5, 0.6) is 11.5 Å². The highest BCUT2D eigenvalue weighted by atomic mass is 32.2. The first kappa shape index (κ1) is 51.7. The van der Waals surface area contributed by atoms with E-state index in [1.54, 1.807) is 30.3 Å². The summed E-state index contributed by atoms with van der Waals surface area (Å²) in [6.45, 7) is 15.6. The van der Waals surface area contributed by atoms with Gasteiger partial charge >= 0.3 is 11.9 Å². The third-order valence-corrected chi connectivity index (χ3v) is 10.6. The zero-order chi connectivity index (χ0) is 48.4. The second kappa shape index (κ2) is 25.0. The summed E-state index contributed by atoms with van der Waals surface area (Å²) in [5, 5.41) is 13.9. The molecule has 11 nitrogen and oxygen atoms in total. The molecule has 1 aliphatic heterocycles. The predicted octanol–water partition coefficient (Wildman–Crippen LogP) is 9.77. The fourth-order valence-corrected chi connectivity index (χ4v) is 7.10. The number of aliphatic hydroxyl groups excluding tert-OH is 1. The molecule has 6 aromatic carbocycles. The van der Waals surface area contributed by atoms with Crippen molar-refractivity contribution in [2.45, 2.75) is 52.3 Å². The number of esters is 2. The number of piperazine rings is 1. The second-order valence-corrected chi connectivity index (χ2v) is 18.9. The van der Waals surface area contributed by atoms with Gasteiger partial charge in [0.15, 0.2) is 11.5 Å². The van der Waals surface area contributed by atoms with Gasteiger partial charge in [-0.05, 0) is 93.3 Å². The van der Waals surface area contributed by atoms with Crippen molar-refractivity contribution in [1.29, 1.82) is 0 Å². The average Bonchev–Trinajstić information content (AvgIpc) is 3.30. The number of carbonyl (C=O) groups excluding carboxylic acids is 2. The Labute approximate surface area is 396 Å². The Kier molecular flexibility index (Phi) is 19.3. The number of nitrogens with zero attached hydrogens (tertiary/aromatic N) is 2. The van der Waals surface area contributed by atoms with E-state index in [1.807, 2.05) is 58.9 Å². The lowest BCUT2D eigenvalue weighted by atomic mass is 9.96. The summed E-state index contributed by atoms with van der Waals surface area (Å²) in [7, 11) is -3.67. The van der Waals surface area contributed by atoms with E-state index in [4.69, 9.17) is 14.0 Å². The molecule has 1 saturated heterocycles. The van der Waals surface area contributed by atoms with E-state index >= 15 is 0 Å². The summed E-state index contributed by atoms with van der Waals surface area (Å²) in [4.78, 5) is 30.6. The van der Waals surface area contributed by atoms with E-state index in [0.717, 1.165) is 43.9 Å². The Bertz CT molecular complexity index is 2550. The molecule has 352 valence electrons. The summed E-state index contributed by atoms with van der Waals surface area (Å²) >= 11 is 0. The fourth-order valence-electron chi connectivity index (χ4n) is 7.10. The Hall–Kier alpha value is -6.25. The molecule has 0 saturated carbocycles. The number of rotatable bonds is 13. The third kappa shape index (κ3) is 18.2. The van der Waals surface area contributed by atoms with Crippen molar-refractivity contribution in [2.75, 3.05) is 45.5 Å². The third-order valence-electron chi connectivity index (χ3n) is 10.6. The smallest absolute Gasteiger partial charge is 0.343 e. The summed E-state index contributed by atoms with van der Waals surface area (Å²) in [5.41, 5.74) is 7.16. The minimum atomic E-state index is -3.67.